The van der Waals surface area contributed by atoms with Gasteiger partial charge in [-0.3, -0.25) is 4.79 Å². The van der Waals surface area contributed by atoms with Crippen molar-refractivity contribution < 1.29 is 13.2 Å². The van der Waals surface area contributed by atoms with Gasteiger partial charge in [0.25, 0.3) is 0 Å². The summed E-state index contributed by atoms with van der Waals surface area (Å²) in [4.78, 5) is 15.2. The Hall–Kier alpha value is -1.40. The van der Waals surface area contributed by atoms with Crippen LogP contribution in [-0.2, 0) is 14.8 Å². The van der Waals surface area contributed by atoms with Gasteiger partial charge in [-0.15, -0.1) is 0 Å². The van der Waals surface area contributed by atoms with Crippen molar-refractivity contribution >= 4 is 15.9 Å². The van der Waals surface area contributed by atoms with E-state index < -0.39 is 10.0 Å². The summed E-state index contributed by atoms with van der Waals surface area (Å²) >= 11 is 0. The number of piperidine rings is 2. The summed E-state index contributed by atoms with van der Waals surface area (Å²) in [7, 11) is -3.48. The van der Waals surface area contributed by atoms with Crippen molar-refractivity contribution in [2.75, 3.05) is 19.6 Å². The minimum atomic E-state index is -3.48. The van der Waals surface area contributed by atoms with Gasteiger partial charge in [-0.1, -0.05) is 6.07 Å². The fraction of sp³-hybridized carbons (Fsp3) is 0.650. The molecule has 0 spiro atoms. The SMILES string of the molecule is Cc1ccc(S(=O)(=O)N2CCC(C(=O)N3CCCCC3C)CC2)cc1C. The van der Waals surface area contributed by atoms with Gasteiger partial charge in [0.15, 0.2) is 0 Å². The molecular formula is C20H30N2O3S. The van der Waals surface area contributed by atoms with Crippen LogP contribution in [0.4, 0.5) is 0 Å². The number of aryl methyl sites for hydroxylation is 2. The van der Waals surface area contributed by atoms with E-state index in [-0.39, 0.29) is 11.8 Å². The molecule has 1 unspecified atom stereocenters. The van der Waals surface area contributed by atoms with Gasteiger partial charge < -0.3 is 4.90 Å². The fourth-order valence-corrected chi connectivity index (χ4v) is 5.58. The molecule has 1 amide bonds. The van der Waals surface area contributed by atoms with Crippen molar-refractivity contribution in [2.45, 2.75) is 63.8 Å². The summed E-state index contributed by atoms with van der Waals surface area (Å²) in [5.41, 5.74) is 2.07. The van der Waals surface area contributed by atoms with Gasteiger partial charge in [0, 0.05) is 31.6 Å². The Morgan fingerprint density at radius 2 is 1.69 bits per heavy atom. The summed E-state index contributed by atoms with van der Waals surface area (Å²) in [6.07, 6.45) is 4.58. The van der Waals surface area contributed by atoms with Gasteiger partial charge in [0.1, 0.15) is 0 Å². The van der Waals surface area contributed by atoms with Gasteiger partial charge in [-0.2, -0.15) is 4.31 Å². The Morgan fingerprint density at radius 3 is 2.31 bits per heavy atom. The highest BCUT2D eigenvalue weighted by atomic mass is 32.2. The largest absolute Gasteiger partial charge is 0.340 e. The highest BCUT2D eigenvalue weighted by Gasteiger charge is 2.35. The number of carbonyl (C=O) groups is 1. The highest BCUT2D eigenvalue weighted by Crippen LogP contribution is 2.28. The highest BCUT2D eigenvalue weighted by molar-refractivity contribution is 7.89. The Kier molecular flexibility index (Phi) is 5.72. The normalized spacial score (nSPS) is 23.2. The summed E-state index contributed by atoms with van der Waals surface area (Å²) in [5, 5.41) is 0. The topological polar surface area (TPSA) is 57.7 Å². The average Bonchev–Trinajstić information content (AvgIpc) is 2.64. The van der Waals surface area contributed by atoms with Gasteiger partial charge in [0.2, 0.25) is 15.9 Å². The lowest BCUT2D eigenvalue weighted by atomic mass is 9.94. The zero-order chi connectivity index (χ0) is 18.9. The molecule has 1 atom stereocenters. The second-order valence-electron chi connectivity index (χ2n) is 7.80. The molecule has 0 saturated carbocycles. The third-order valence-electron chi connectivity index (χ3n) is 6.01. The second-order valence-corrected chi connectivity index (χ2v) is 9.74. The van der Waals surface area contributed by atoms with Crippen LogP contribution in [-0.4, -0.2) is 49.2 Å². The lowest BCUT2D eigenvalue weighted by Gasteiger charge is -2.38. The fourth-order valence-electron chi connectivity index (χ4n) is 4.03. The van der Waals surface area contributed by atoms with Crippen LogP contribution in [0.3, 0.4) is 0 Å². The predicted molar refractivity (Wildman–Crippen MR) is 102 cm³/mol. The molecule has 26 heavy (non-hydrogen) atoms. The molecule has 6 heteroatoms. The quantitative estimate of drug-likeness (QED) is 0.812. The molecule has 0 radical (unpaired) electrons. The number of rotatable bonds is 3. The molecular weight excluding hydrogens is 348 g/mol. The van der Waals surface area contributed by atoms with E-state index in [2.05, 4.69) is 6.92 Å². The number of carbonyl (C=O) groups excluding carboxylic acids is 1. The second kappa shape index (κ2) is 7.69. The van der Waals surface area contributed by atoms with E-state index in [0.29, 0.717) is 36.9 Å². The van der Waals surface area contributed by atoms with Gasteiger partial charge in [-0.05, 0) is 76.1 Å². The number of hydrogen-bond donors (Lipinski definition) is 0. The summed E-state index contributed by atoms with van der Waals surface area (Å²) in [6, 6.07) is 5.60. The van der Waals surface area contributed by atoms with Crippen LogP contribution >= 0.6 is 0 Å². The van der Waals surface area contributed by atoms with Crippen molar-refractivity contribution in [3.05, 3.63) is 29.3 Å². The van der Waals surface area contributed by atoms with Crippen LogP contribution in [0.1, 0.15) is 50.2 Å². The summed E-state index contributed by atoms with van der Waals surface area (Å²) in [6.45, 7) is 7.72. The van der Waals surface area contributed by atoms with Crippen LogP contribution < -0.4 is 0 Å². The predicted octanol–water partition coefficient (Wildman–Crippen LogP) is 3.11. The van der Waals surface area contributed by atoms with E-state index in [0.717, 1.165) is 30.5 Å². The lowest BCUT2D eigenvalue weighted by Crippen LogP contribution is -2.48. The van der Waals surface area contributed by atoms with Crippen molar-refractivity contribution in [3.63, 3.8) is 0 Å². The molecule has 3 rings (SSSR count). The van der Waals surface area contributed by atoms with Gasteiger partial charge in [-0.25, -0.2) is 8.42 Å². The first-order valence-electron chi connectivity index (χ1n) is 9.68. The maximum atomic E-state index is 12.9. The summed E-state index contributed by atoms with van der Waals surface area (Å²) < 4.78 is 27.4. The molecule has 2 aliphatic rings. The van der Waals surface area contributed by atoms with E-state index >= 15 is 0 Å². The Labute approximate surface area is 157 Å². The number of benzene rings is 1. The van der Waals surface area contributed by atoms with Crippen LogP contribution in [0.15, 0.2) is 23.1 Å². The van der Waals surface area contributed by atoms with E-state index in [9.17, 15) is 13.2 Å². The minimum Gasteiger partial charge on any atom is -0.340 e. The average molecular weight is 379 g/mol. The van der Waals surface area contributed by atoms with Crippen molar-refractivity contribution in [1.82, 2.24) is 9.21 Å². The standard InChI is InChI=1S/C20H30N2O3S/c1-15-7-8-19(14-16(15)2)26(24,25)21-12-9-18(10-13-21)20(23)22-11-5-4-6-17(22)3/h7-8,14,17-18H,4-6,9-13H2,1-3H3. The van der Waals surface area contributed by atoms with E-state index in [1.165, 1.54) is 6.42 Å². The molecule has 0 aliphatic carbocycles. The van der Waals surface area contributed by atoms with E-state index in [1.807, 2.05) is 24.8 Å². The minimum absolute atomic E-state index is 0.0400. The first-order chi connectivity index (χ1) is 12.3. The summed E-state index contributed by atoms with van der Waals surface area (Å²) in [5.74, 6) is 0.183. The van der Waals surface area contributed by atoms with Crippen molar-refractivity contribution in [1.29, 1.82) is 0 Å². The van der Waals surface area contributed by atoms with Crippen molar-refractivity contribution in [2.24, 2.45) is 5.92 Å². The van der Waals surface area contributed by atoms with Gasteiger partial charge >= 0.3 is 0 Å². The Bertz CT molecular complexity index is 767. The third kappa shape index (κ3) is 3.81. The van der Waals surface area contributed by atoms with Crippen LogP contribution in [0, 0.1) is 19.8 Å². The zero-order valence-electron chi connectivity index (χ0n) is 16.1. The molecule has 0 bridgehead atoms. The smallest absolute Gasteiger partial charge is 0.243 e. The first-order valence-corrected chi connectivity index (χ1v) is 11.1. The number of hydrogen-bond acceptors (Lipinski definition) is 3. The molecule has 2 fully saturated rings. The molecule has 2 heterocycles. The Morgan fingerprint density at radius 1 is 1.00 bits per heavy atom. The zero-order valence-corrected chi connectivity index (χ0v) is 16.9. The van der Waals surface area contributed by atoms with E-state index in [4.69, 9.17) is 0 Å². The number of nitrogens with zero attached hydrogens (tertiary/aromatic N) is 2. The monoisotopic (exact) mass is 378 g/mol. The van der Waals surface area contributed by atoms with Crippen LogP contribution in [0.5, 0.6) is 0 Å². The lowest BCUT2D eigenvalue weighted by molar-refractivity contribution is -0.140. The maximum absolute atomic E-state index is 12.9. The third-order valence-corrected chi connectivity index (χ3v) is 7.90. The molecule has 5 nitrogen and oxygen atoms in total. The number of likely N-dealkylation sites (tertiary alicyclic amines) is 1. The van der Waals surface area contributed by atoms with Crippen LogP contribution in [0.2, 0.25) is 0 Å². The van der Waals surface area contributed by atoms with Crippen molar-refractivity contribution in [3.8, 4) is 0 Å². The molecule has 2 aliphatic heterocycles. The van der Waals surface area contributed by atoms with Gasteiger partial charge in [0.05, 0.1) is 4.90 Å². The molecule has 1 aromatic rings. The van der Waals surface area contributed by atoms with Crippen LogP contribution in [0.25, 0.3) is 0 Å². The molecule has 0 aromatic heterocycles. The van der Waals surface area contributed by atoms with E-state index in [1.54, 1.807) is 16.4 Å². The molecule has 144 valence electrons. The molecule has 1 aromatic carbocycles. The number of amides is 1. The number of sulfonamides is 1. The first kappa shape index (κ1) is 19.4. The molecule has 0 N–H and O–H groups in total. The molecule has 2 saturated heterocycles. The Balaban J connectivity index is 1.65. The maximum Gasteiger partial charge on any atom is 0.243 e.